The molecule has 4 heteroatoms. The topological polar surface area (TPSA) is 26.3 Å². The molecular formula is C21H16F2O2. The van der Waals surface area contributed by atoms with E-state index in [2.05, 4.69) is 0 Å². The molecule has 0 fully saturated rings. The van der Waals surface area contributed by atoms with Crippen LogP contribution in [0.5, 0.6) is 5.75 Å². The van der Waals surface area contributed by atoms with Crippen molar-refractivity contribution in [2.75, 3.05) is 0 Å². The summed E-state index contributed by atoms with van der Waals surface area (Å²) in [5.74, 6) is 0.205. The van der Waals surface area contributed by atoms with Crippen LogP contribution in [-0.2, 0) is 13.3 Å². The molecule has 0 aromatic heterocycles. The molecule has 3 aromatic carbocycles. The van der Waals surface area contributed by atoms with Crippen molar-refractivity contribution in [3.8, 4) is 16.9 Å². The van der Waals surface area contributed by atoms with E-state index in [9.17, 15) is 13.6 Å². The number of ether oxygens (including phenoxy) is 1. The van der Waals surface area contributed by atoms with Crippen LogP contribution in [0.25, 0.3) is 11.1 Å². The van der Waals surface area contributed by atoms with Gasteiger partial charge in [-0.15, -0.1) is 0 Å². The van der Waals surface area contributed by atoms with E-state index in [4.69, 9.17) is 4.74 Å². The minimum atomic E-state index is -0.725. The number of halogens is 2. The second kappa shape index (κ2) is 7.71. The van der Waals surface area contributed by atoms with Gasteiger partial charge in [-0.2, -0.15) is 0 Å². The highest BCUT2D eigenvalue weighted by Crippen LogP contribution is 2.26. The third-order valence-electron chi connectivity index (χ3n) is 3.87. The van der Waals surface area contributed by atoms with E-state index in [0.717, 1.165) is 17.4 Å². The molecule has 0 aliphatic carbocycles. The molecule has 0 atom stereocenters. The number of rotatable bonds is 6. The highest BCUT2D eigenvalue weighted by atomic mass is 19.1. The van der Waals surface area contributed by atoms with Crippen LogP contribution in [-0.4, -0.2) is 6.29 Å². The summed E-state index contributed by atoms with van der Waals surface area (Å²) in [4.78, 5) is 10.7. The predicted molar refractivity (Wildman–Crippen MR) is 92.8 cm³/mol. The van der Waals surface area contributed by atoms with Crippen LogP contribution in [0.1, 0.15) is 21.5 Å². The van der Waals surface area contributed by atoms with Gasteiger partial charge in [-0.25, -0.2) is 8.78 Å². The summed E-state index contributed by atoms with van der Waals surface area (Å²) in [5.41, 5.74) is 3.30. The first-order valence-electron chi connectivity index (χ1n) is 7.81. The molecule has 0 unspecified atom stereocenters. The summed E-state index contributed by atoms with van der Waals surface area (Å²) in [7, 11) is 0. The van der Waals surface area contributed by atoms with Crippen LogP contribution in [0.3, 0.4) is 0 Å². The first-order valence-corrected chi connectivity index (χ1v) is 7.81. The van der Waals surface area contributed by atoms with E-state index in [-0.39, 0.29) is 0 Å². The normalized spacial score (nSPS) is 10.5. The highest BCUT2D eigenvalue weighted by molar-refractivity contribution is 5.74. The maximum absolute atomic E-state index is 13.3. The first kappa shape index (κ1) is 16.8. The smallest absolute Gasteiger partial charge is 0.150 e. The maximum atomic E-state index is 13.3. The van der Waals surface area contributed by atoms with Crippen LogP contribution in [0, 0.1) is 5.82 Å². The molecular weight excluding hydrogens is 322 g/mol. The lowest BCUT2D eigenvalue weighted by atomic mass is 9.98. The van der Waals surface area contributed by atoms with Gasteiger partial charge in [-0.3, -0.25) is 4.79 Å². The fraction of sp³-hybridized carbons (Fsp3) is 0.0952. The zero-order valence-electron chi connectivity index (χ0n) is 13.4. The number of carbonyl (C=O) groups excluding carboxylic acids is 1. The first-order chi connectivity index (χ1) is 12.2. The summed E-state index contributed by atoms with van der Waals surface area (Å²) in [5, 5.41) is 0. The van der Waals surface area contributed by atoms with Gasteiger partial charge in [0, 0.05) is 5.56 Å². The molecule has 2 nitrogen and oxygen atoms in total. The summed E-state index contributed by atoms with van der Waals surface area (Å²) in [6.07, 6.45) is 0.776. The van der Waals surface area contributed by atoms with Crippen molar-refractivity contribution in [2.45, 2.75) is 13.3 Å². The minimum Gasteiger partial charge on any atom is -0.489 e. The largest absolute Gasteiger partial charge is 0.489 e. The van der Waals surface area contributed by atoms with Crippen LogP contribution in [0.4, 0.5) is 8.78 Å². The maximum Gasteiger partial charge on any atom is 0.150 e. The van der Waals surface area contributed by atoms with E-state index in [1.807, 2.05) is 24.3 Å². The third-order valence-corrected chi connectivity index (χ3v) is 3.87. The average Bonchev–Trinajstić information content (AvgIpc) is 2.67. The van der Waals surface area contributed by atoms with Crippen LogP contribution in [0.2, 0.25) is 0 Å². The molecule has 3 rings (SSSR count). The average molecular weight is 338 g/mol. The fourth-order valence-electron chi connectivity index (χ4n) is 2.59. The molecule has 0 N–H and O–H groups in total. The molecule has 0 bridgehead atoms. The van der Waals surface area contributed by atoms with Gasteiger partial charge in [0.2, 0.25) is 0 Å². The van der Waals surface area contributed by atoms with Crippen LogP contribution >= 0.6 is 0 Å². The van der Waals surface area contributed by atoms with Crippen molar-refractivity contribution in [3.05, 3.63) is 89.2 Å². The summed E-state index contributed by atoms with van der Waals surface area (Å²) < 4.78 is 32.2. The second-order valence-corrected chi connectivity index (χ2v) is 5.61. The quantitative estimate of drug-likeness (QED) is 0.566. The van der Waals surface area contributed by atoms with Crippen LogP contribution < -0.4 is 4.74 Å². The van der Waals surface area contributed by atoms with Gasteiger partial charge in [0.25, 0.3) is 0 Å². The summed E-state index contributed by atoms with van der Waals surface area (Å²) in [6, 6.07) is 18.5. The van der Waals surface area contributed by atoms with Gasteiger partial charge in [0.05, 0.1) is 0 Å². The standard InChI is InChI=1S/C21H16F2O2/c22-12-18-11-19(23)6-9-21(18)17-3-1-2-16(10-17)14-25-20-7-4-15(13-24)5-8-20/h1-11,13H,12,14H2. The molecule has 126 valence electrons. The Labute approximate surface area is 144 Å². The molecule has 0 heterocycles. The van der Waals surface area contributed by atoms with Crippen molar-refractivity contribution < 1.29 is 18.3 Å². The summed E-state index contributed by atoms with van der Waals surface area (Å²) in [6.45, 7) is -0.392. The van der Waals surface area contributed by atoms with Crippen molar-refractivity contribution in [2.24, 2.45) is 0 Å². The Morgan fingerprint density at radius 3 is 2.48 bits per heavy atom. The predicted octanol–water partition coefficient (Wildman–Crippen LogP) is 5.35. The molecule has 3 aromatic rings. The number of alkyl halides is 1. The zero-order valence-corrected chi connectivity index (χ0v) is 13.4. The van der Waals surface area contributed by atoms with Gasteiger partial charge in [-0.05, 0) is 64.7 Å². The fourth-order valence-corrected chi connectivity index (χ4v) is 2.59. The molecule has 0 spiro atoms. The Balaban J connectivity index is 1.78. The Hall–Kier alpha value is -3.01. The molecule has 0 aliphatic heterocycles. The Kier molecular flexibility index (Phi) is 5.19. The highest BCUT2D eigenvalue weighted by Gasteiger charge is 2.07. The SMILES string of the molecule is O=Cc1ccc(OCc2cccc(-c3ccc(F)cc3CF)c2)cc1. The summed E-state index contributed by atoms with van der Waals surface area (Å²) >= 11 is 0. The lowest BCUT2D eigenvalue weighted by molar-refractivity contribution is 0.112. The monoisotopic (exact) mass is 338 g/mol. The lowest BCUT2D eigenvalue weighted by Gasteiger charge is -2.10. The Bertz CT molecular complexity index is 873. The molecule has 0 amide bonds. The van der Waals surface area contributed by atoms with Gasteiger partial charge < -0.3 is 4.74 Å². The van der Waals surface area contributed by atoms with Gasteiger partial charge >= 0.3 is 0 Å². The van der Waals surface area contributed by atoms with Crippen LogP contribution in [0.15, 0.2) is 66.7 Å². The lowest BCUT2D eigenvalue weighted by Crippen LogP contribution is -1.96. The van der Waals surface area contributed by atoms with Crippen molar-refractivity contribution in [1.29, 1.82) is 0 Å². The number of hydrogen-bond donors (Lipinski definition) is 0. The molecule has 25 heavy (non-hydrogen) atoms. The van der Waals surface area contributed by atoms with Gasteiger partial charge in [0.15, 0.2) is 0 Å². The zero-order chi connectivity index (χ0) is 17.6. The number of hydrogen-bond acceptors (Lipinski definition) is 2. The number of benzene rings is 3. The molecule has 0 saturated carbocycles. The van der Waals surface area contributed by atoms with E-state index in [1.165, 1.54) is 12.1 Å². The van der Waals surface area contributed by atoms with E-state index < -0.39 is 12.5 Å². The van der Waals surface area contributed by atoms with E-state index in [0.29, 0.717) is 29.0 Å². The number of carbonyl (C=O) groups is 1. The van der Waals surface area contributed by atoms with Gasteiger partial charge in [-0.1, -0.05) is 24.3 Å². The Morgan fingerprint density at radius 2 is 1.76 bits per heavy atom. The van der Waals surface area contributed by atoms with Gasteiger partial charge in [0.1, 0.15) is 31.1 Å². The van der Waals surface area contributed by atoms with Crippen molar-refractivity contribution in [1.82, 2.24) is 0 Å². The number of aldehydes is 1. The second-order valence-electron chi connectivity index (χ2n) is 5.61. The van der Waals surface area contributed by atoms with Crippen molar-refractivity contribution in [3.63, 3.8) is 0 Å². The molecule has 0 radical (unpaired) electrons. The third kappa shape index (κ3) is 4.10. The van der Waals surface area contributed by atoms with Crippen molar-refractivity contribution >= 4 is 6.29 Å². The molecule has 0 aliphatic rings. The van der Waals surface area contributed by atoms with E-state index in [1.54, 1.807) is 30.3 Å². The minimum absolute atomic E-state index is 0.322. The Morgan fingerprint density at radius 1 is 0.960 bits per heavy atom. The molecule has 0 saturated heterocycles. The van der Waals surface area contributed by atoms with E-state index >= 15 is 0 Å².